The third-order valence-corrected chi connectivity index (χ3v) is 4.38. The van der Waals surface area contributed by atoms with E-state index in [9.17, 15) is 4.79 Å². The monoisotopic (exact) mass is 396 g/mol. The zero-order valence-electron chi connectivity index (χ0n) is 14.8. The van der Waals surface area contributed by atoms with Crippen LogP contribution in [0.3, 0.4) is 0 Å². The van der Waals surface area contributed by atoms with Crippen LogP contribution in [0, 0.1) is 0 Å². The molecule has 0 atom stereocenters. The zero-order valence-corrected chi connectivity index (χ0v) is 15.6. The van der Waals surface area contributed by atoms with Crippen LogP contribution in [0.4, 0.5) is 11.6 Å². The SMILES string of the molecule is O=C(Nc1ccc2c(c1)OCO2)c1ccnc(NCCc2ccc(Cl)cc2)n1. The van der Waals surface area contributed by atoms with Crippen LogP contribution in [0.5, 0.6) is 11.5 Å². The first-order valence-corrected chi connectivity index (χ1v) is 9.07. The summed E-state index contributed by atoms with van der Waals surface area (Å²) in [6, 6.07) is 14.4. The quantitative estimate of drug-likeness (QED) is 0.659. The largest absolute Gasteiger partial charge is 0.454 e. The van der Waals surface area contributed by atoms with Gasteiger partial charge in [-0.15, -0.1) is 0 Å². The van der Waals surface area contributed by atoms with Gasteiger partial charge in [0.25, 0.3) is 5.91 Å². The molecule has 2 N–H and O–H groups in total. The number of benzene rings is 2. The second-order valence-corrected chi connectivity index (χ2v) is 6.53. The highest BCUT2D eigenvalue weighted by atomic mass is 35.5. The van der Waals surface area contributed by atoms with Crippen LogP contribution < -0.4 is 20.1 Å². The van der Waals surface area contributed by atoms with Crippen molar-refractivity contribution in [2.45, 2.75) is 6.42 Å². The molecule has 0 spiro atoms. The van der Waals surface area contributed by atoms with E-state index in [4.69, 9.17) is 21.1 Å². The maximum Gasteiger partial charge on any atom is 0.274 e. The number of amides is 1. The zero-order chi connectivity index (χ0) is 19.3. The van der Waals surface area contributed by atoms with Crippen molar-refractivity contribution in [2.24, 2.45) is 0 Å². The van der Waals surface area contributed by atoms with Gasteiger partial charge in [-0.2, -0.15) is 0 Å². The Labute approximate surface area is 166 Å². The second kappa shape index (κ2) is 8.14. The number of hydrogen-bond donors (Lipinski definition) is 2. The number of hydrogen-bond acceptors (Lipinski definition) is 6. The number of rotatable bonds is 6. The third kappa shape index (κ3) is 4.32. The minimum Gasteiger partial charge on any atom is -0.454 e. The molecule has 1 amide bonds. The summed E-state index contributed by atoms with van der Waals surface area (Å²) in [4.78, 5) is 20.9. The summed E-state index contributed by atoms with van der Waals surface area (Å²) in [6.45, 7) is 0.818. The Hall–Kier alpha value is -3.32. The fourth-order valence-electron chi connectivity index (χ4n) is 2.71. The Balaban J connectivity index is 1.36. The summed E-state index contributed by atoms with van der Waals surface area (Å²) in [6.07, 6.45) is 2.33. The van der Waals surface area contributed by atoms with Crippen molar-refractivity contribution >= 4 is 29.1 Å². The average Bonchev–Trinajstić information content (AvgIpc) is 3.18. The van der Waals surface area contributed by atoms with Crippen molar-refractivity contribution in [3.05, 3.63) is 71.0 Å². The highest BCUT2D eigenvalue weighted by Crippen LogP contribution is 2.34. The molecule has 0 saturated heterocycles. The van der Waals surface area contributed by atoms with E-state index >= 15 is 0 Å². The molecule has 3 aromatic rings. The van der Waals surface area contributed by atoms with Gasteiger partial charge in [-0.3, -0.25) is 4.79 Å². The average molecular weight is 397 g/mol. The fourth-order valence-corrected chi connectivity index (χ4v) is 2.84. The van der Waals surface area contributed by atoms with Crippen LogP contribution in [0.2, 0.25) is 5.02 Å². The van der Waals surface area contributed by atoms with Crippen molar-refractivity contribution in [3.63, 3.8) is 0 Å². The maximum absolute atomic E-state index is 12.5. The molecule has 7 nitrogen and oxygen atoms in total. The van der Waals surface area contributed by atoms with E-state index in [1.807, 2.05) is 24.3 Å². The summed E-state index contributed by atoms with van der Waals surface area (Å²) < 4.78 is 10.6. The van der Waals surface area contributed by atoms with Crippen LogP contribution >= 0.6 is 11.6 Å². The molecule has 0 fully saturated rings. The van der Waals surface area contributed by atoms with Crippen molar-refractivity contribution in [1.29, 1.82) is 0 Å². The number of carbonyl (C=O) groups excluding carboxylic acids is 1. The maximum atomic E-state index is 12.5. The summed E-state index contributed by atoms with van der Waals surface area (Å²) in [5.74, 6) is 1.33. The van der Waals surface area contributed by atoms with Gasteiger partial charge in [-0.25, -0.2) is 9.97 Å². The molecule has 8 heteroatoms. The molecule has 0 aliphatic carbocycles. The van der Waals surface area contributed by atoms with Crippen LogP contribution in [-0.4, -0.2) is 29.2 Å². The highest BCUT2D eigenvalue weighted by molar-refractivity contribution is 6.30. The highest BCUT2D eigenvalue weighted by Gasteiger charge is 2.15. The van der Waals surface area contributed by atoms with Gasteiger partial charge >= 0.3 is 0 Å². The predicted octanol–water partition coefficient (Wildman–Crippen LogP) is 3.77. The summed E-state index contributed by atoms with van der Waals surface area (Å²) in [5, 5.41) is 6.64. The predicted molar refractivity (Wildman–Crippen MR) is 106 cm³/mol. The van der Waals surface area contributed by atoms with E-state index in [0.29, 0.717) is 34.7 Å². The second-order valence-electron chi connectivity index (χ2n) is 6.09. The Bertz CT molecular complexity index is 995. The first kappa shape index (κ1) is 18.1. The van der Waals surface area contributed by atoms with Gasteiger partial charge < -0.3 is 20.1 Å². The first-order chi connectivity index (χ1) is 13.7. The molecular weight excluding hydrogens is 380 g/mol. The molecule has 0 bridgehead atoms. The lowest BCUT2D eigenvalue weighted by Gasteiger charge is -2.08. The van der Waals surface area contributed by atoms with E-state index in [-0.39, 0.29) is 18.4 Å². The molecular formula is C20H17ClN4O3. The summed E-state index contributed by atoms with van der Waals surface area (Å²) in [5.41, 5.74) is 2.01. The first-order valence-electron chi connectivity index (χ1n) is 8.70. The van der Waals surface area contributed by atoms with Gasteiger partial charge in [-0.05, 0) is 42.3 Å². The summed E-state index contributed by atoms with van der Waals surface area (Å²) >= 11 is 5.89. The topological polar surface area (TPSA) is 85.4 Å². The molecule has 0 radical (unpaired) electrons. The van der Waals surface area contributed by atoms with Gasteiger partial charge in [0.2, 0.25) is 12.7 Å². The van der Waals surface area contributed by atoms with Crippen LogP contribution in [0.15, 0.2) is 54.7 Å². The number of aromatic nitrogens is 2. The van der Waals surface area contributed by atoms with Crippen LogP contribution in [0.1, 0.15) is 16.1 Å². The molecule has 0 saturated carbocycles. The Morgan fingerprint density at radius 3 is 2.75 bits per heavy atom. The molecule has 28 heavy (non-hydrogen) atoms. The number of nitrogens with one attached hydrogen (secondary N) is 2. The number of nitrogens with zero attached hydrogens (tertiary/aromatic N) is 2. The van der Waals surface area contributed by atoms with Crippen molar-refractivity contribution < 1.29 is 14.3 Å². The number of fused-ring (bicyclic) bond motifs is 1. The van der Waals surface area contributed by atoms with Gasteiger partial charge in [0.1, 0.15) is 5.69 Å². The molecule has 4 rings (SSSR count). The van der Waals surface area contributed by atoms with E-state index in [1.54, 1.807) is 30.5 Å². The van der Waals surface area contributed by atoms with Crippen LogP contribution in [-0.2, 0) is 6.42 Å². The number of carbonyl (C=O) groups is 1. The van der Waals surface area contributed by atoms with Gasteiger partial charge in [0.15, 0.2) is 11.5 Å². The minimum absolute atomic E-state index is 0.184. The lowest BCUT2D eigenvalue weighted by Crippen LogP contribution is -2.16. The molecule has 0 unspecified atom stereocenters. The van der Waals surface area contributed by atoms with Crippen molar-refractivity contribution in [2.75, 3.05) is 24.0 Å². The minimum atomic E-state index is -0.331. The number of halogens is 1. The lowest BCUT2D eigenvalue weighted by atomic mass is 10.1. The van der Waals surface area contributed by atoms with Crippen LogP contribution in [0.25, 0.3) is 0 Å². The molecule has 2 heterocycles. The molecule has 2 aromatic carbocycles. The molecule has 1 aromatic heterocycles. The Morgan fingerprint density at radius 1 is 1.07 bits per heavy atom. The van der Waals surface area contributed by atoms with Gasteiger partial charge in [0, 0.05) is 29.5 Å². The normalized spacial score (nSPS) is 11.9. The van der Waals surface area contributed by atoms with E-state index in [1.165, 1.54) is 0 Å². The smallest absolute Gasteiger partial charge is 0.274 e. The van der Waals surface area contributed by atoms with Crippen molar-refractivity contribution in [3.8, 4) is 11.5 Å². The van der Waals surface area contributed by atoms with E-state index < -0.39 is 0 Å². The summed E-state index contributed by atoms with van der Waals surface area (Å²) in [7, 11) is 0. The number of anilines is 2. The number of ether oxygens (including phenoxy) is 2. The molecule has 1 aliphatic rings. The molecule has 1 aliphatic heterocycles. The van der Waals surface area contributed by atoms with E-state index in [2.05, 4.69) is 20.6 Å². The van der Waals surface area contributed by atoms with Gasteiger partial charge in [0.05, 0.1) is 0 Å². The Kier molecular flexibility index (Phi) is 5.25. The lowest BCUT2D eigenvalue weighted by molar-refractivity contribution is 0.102. The Morgan fingerprint density at radius 2 is 1.89 bits per heavy atom. The van der Waals surface area contributed by atoms with Crippen molar-refractivity contribution in [1.82, 2.24) is 9.97 Å². The third-order valence-electron chi connectivity index (χ3n) is 4.13. The van der Waals surface area contributed by atoms with E-state index in [0.717, 1.165) is 12.0 Å². The fraction of sp³-hybridized carbons (Fsp3) is 0.150. The molecule has 142 valence electrons. The standard InChI is InChI=1S/C20H17ClN4O3/c21-14-3-1-13(2-4-14)7-9-22-20-23-10-8-16(25-20)19(26)24-15-5-6-17-18(11-15)28-12-27-17/h1-6,8,10-11H,7,9,12H2,(H,24,26)(H,22,23,25). The van der Waals surface area contributed by atoms with Gasteiger partial charge in [-0.1, -0.05) is 23.7 Å².